The molecule has 42 heavy (non-hydrogen) atoms. The second-order valence-corrected chi connectivity index (χ2v) is 9.73. The van der Waals surface area contributed by atoms with Crippen LogP contribution in [0.3, 0.4) is 0 Å². The predicted molar refractivity (Wildman–Crippen MR) is 169 cm³/mol. The molecule has 0 radical (unpaired) electrons. The first-order valence-electron chi connectivity index (χ1n) is 15.1. The van der Waals surface area contributed by atoms with E-state index in [0.29, 0.717) is 18.4 Å². The van der Waals surface area contributed by atoms with Crippen LogP contribution in [-0.2, 0) is 19.1 Å². The lowest BCUT2D eigenvalue weighted by Crippen LogP contribution is -2.35. The molecule has 1 aromatic carbocycles. The molecule has 0 bridgehead atoms. The van der Waals surface area contributed by atoms with Crippen molar-refractivity contribution in [3.63, 3.8) is 0 Å². The molecule has 9 nitrogen and oxygen atoms in total. The Hall–Kier alpha value is -2.62. The van der Waals surface area contributed by atoms with Gasteiger partial charge in [0.1, 0.15) is 18.8 Å². The zero-order valence-corrected chi connectivity index (χ0v) is 28.2. The number of carbonyl (C=O) groups excluding carboxylic acids is 4. The van der Waals surface area contributed by atoms with Gasteiger partial charge in [0.2, 0.25) is 0 Å². The molecule has 0 fully saturated rings. The normalized spacial score (nSPS) is 11.2. The zero-order chi connectivity index (χ0) is 33.8. The Bertz CT molecular complexity index is 833. The number of esters is 2. The van der Waals surface area contributed by atoms with Gasteiger partial charge in [0.25, 0.3) is 0 Å². The number of ketones is 2. The number of benzene rings is 1. The lowest BCUT2D eigenvalue weighted by Gasteiger charge is -2.27. The van der Waals surface area contributed by atoms with Gasteiger partial charge in [0, 0.05) is 18.6 Å². The molecule has 0 aliphatic heterocycles. The molecule has 0 amide bonds. The minimum Gasteiger partial charge on any atom is -0.469 e. The summed E-state index contributed by atoms with van der Waals surface area (Å²) in [5.41, 5.74) is -0.475. The maximum atomic E-state index is 12.5. The fraction of sp³-hybridized carbons (Fsp3) is 0.697. The van der Waals surface area contributed by atoms with Crippen molar-refractivity contribution in [2.24, 2.45) is 10.8 Å². The molecule has 0 saturated carbocycles. The van der Waals surface area contributed by atoms with Gasteiger partial charge in [-0.05, 0) is 43.7 Å². The van der Waals surface area contributed by atoms with Crippen LogP contribution in [0.5, 0.6) is 0 Å². The average molecular weight is 601 g/mol. The molecule has 1 atom stereocenters. The van der Waals surface area contributed by atoms with Crippen LogP contribution in [0.15, 0.2) is 24.3 Å². The van der Waals surface area contributed by atoms with Gasteiger partial charge in [-0.15, -0.1) is 0 Å². The topological polar surface area (TPSA) is 147 Å². The molecule has 9 heteroatoms. The molecule has 0 aliphatic carbocycles. The highest BCUT2D eigenvalue weighted by atomic mass is 16.5. The van der Waals surface area contributed by atoms with Crippen LogP contribution in [0.4, 0.5) is 0 Å². The lowest BCUT2D eigenvalue weighted by atomic mass is 9.82. The Labute approximate surface area is 255 Å². The Morgan fingerprint density at radius 3 is 1.69 bits per heavy atom. The maximum absolute atomic E-state index is 12.5. The van der Waals surface area contributed by atoms with E-state index in [2.05, 4.69) is 18.6 Å². The zero-order valence-electron chi connectivity index (χ0n) is 28.2. The van der Waals surface area contributed by atoms with Crippen LogP contribution < -0.4 is 0 Å². The molecule has 3 N–H and O–H groups in total. The Balaban J connectivity index is -0.000000400. The van der Waals surface area contributed by atoms with Crippen LogP contribution in [0.1, 0.15) is 128 Å². The first-order valence-corrected chi connectivity index (χ1v) is 15.1. The van der Waals surface area contributed by atoms with Gasteiger partial charge in [0.05, 0.1) is 31.3 Å². The second kappa shape index (κ2) is 28.5. The smallest absolute Gasteiger partial charge is 0.338 e. The number of hydrogen-bond acceptors (Lipinski definition) is 9. The molecule has 0 aliphatic rings. The summed E-state index contributed by atoms with van der Waals surface area (Å²) in [6.45, 7) is 18.7. The summed E-state index contributed by atoms with van der Waals surface area (Å²) in [4.78, 5) is 45.0. The molecular formula is C33H60O9. The highest BCUT2D eigenvalue weighted by molar-refractivity contribution is 5.99. The van der Waals surface area contributed by atoms with Gasteiger partial charge in [-0.25, -0.2) is 4.79 Å². The monoisotopic (exact) mass is 600 g/mol. The van der Waals surface area contributed by atoms with Gasteiger partial charge in [-0.2, -0.15) is 0 Å². The molecule has 0 spiro atoms. The third kappa shape index (κ3) is 21.1. The lowest BCUT2D eigenvalue weighted by molar-refractivity contribution is -0.142. The summed E-state index contributed by atoms with van der Waals surface area (Å²) in [6, 6.07) is 6.34. The van der Waals surface area contributed by atoms with Crippen molar-refractivity contribution >= 4 is 23.5 Å². The number of aliphatic hydroxyl groups excluding tert-OH is 3. The van der Waals surface area contributed by atoms with Crippen molar-refractivity contribution in [3.05, 3.63) is 35.4 Å². The van der Waals surface area contributed by atoms with Crippen molar-refractivity contribution in [1.82, 2.24) is 0 Å². The van der Waals surface area contributed by atoms with E-state index in [-0.39, 0.29) is 61.8 Å². The highest BCUT2D eigenvalue weighted by Crippen LogP contribution is 2.27. The van der Waals surface area contributed by atoms with Gasteiger partial charge in [-0.3, -0.25) is 14.4 Å². The predicted octanol–water partition coefficient (Wildman–Crippen LogP) is 6.20. The number of Topliss-reactive ketones (excluding diaryl/α,β-unsaturated/α-hetero) is 2. The third-order valence-corrected chi connectivity index (χ3v) is 6.16. The molecule has 0 saturated heterocycles. The van der Waals surface area contributed by atoms with Crippen molar-refractivity contribution in [2.45, 2.75) is 108 Å². The van der Waals surface area contributed by atoms with Gasteiger partial charge in [0.15, 0.2) is 5.78 Å². The van der Waals surface area contributed by atoms with Gasteiger partial charge in [-0.1, -0.05) is 80.9 Å². The molecule has 1 rings (SSSR count). The van der Waals surface area contributed by atoms with E-state index in [1.807, 2.05) is 41.5 Å². The van der Waals surface area contributed by atoms with E-state index in [1.54, 1.807) is 25.1 Å². The van der Waals surface area contributed by atoms with Crippen molar-refractivity contribution in [3.8, 4) is 0 Å². The fourth-order valence-electron chi connectivity index (χ4n) is 2.79. The van der Waals surface area contributed by atoms with Gasteiger partial charge < -0.3 is 24.8 Å². The maximum Gasteiger partial charge on any atom is 0.338 e. The number of rotatable bonds is 14. The Morgan fingerprint density at radius 2 is 1.33 bits per heavy atom. The van der Waals surface area contributed by atoms with Crippen LogP contribution in [-0.4, -0.2) is 72.4 Å². The third-order valence-electron chi connectivity index (χ3n) is 6.16. The molecule has 246 valence electrons. The van der Waals surface area contributed by atoms with Crippen molar-refractivity contribution in [2.75, 3.05) is 33.5 Å². The molecule has 0 heterocycles. The quantitative estimate of drug-likeness (QED) is 0.129. The molecule has 1 aromatic rings. The fourth-order valence-corrected chi connectivity index (χ4v) is 2.79. The Morgan fingerprint density at radius 1 is 0.833 bits per heavy atom. The van der Waals surface area contributed by atoms with Crippen molar-refractivity contribution < 1.29 is 44.0 Å². The number of hydrogen-bond donors (Lipinski definition) is 3. The summed E-state index contributed by atoms with van der Waals surface area (Å²) in [7, 11) is 1.26. The number of aliphatic hydroxyl groups is 3. The van der Waals surface area contributed by atoms with Gasteiger partial charge >= 0.3 is 11.9 Å². The number of carbonyl (C=O) groups is 4. The molecule has 1 unspecified atom stereocenters. The number of ether oxygens (including phenoxy) is 2. The summed E-state index contributed by atoms with van der Waals surface area (Å²) < 4.78 is 9.45. The minimum absolute atomic E-state index is 0.0258. The highest BCUT2D eigenvalue weighted by Gasteiger charge is 2.29. The first kappa shape index (κ1) is 46.3. The standard InChI is InChI=1S/C21H32O6.C5H8O3.C3H8.2C2H6/c1-4-20(3,12-22)10-9-18(25)16-7-6-8-17(11-16)19(26)27-15-21(5-2,13-23)14-24;1-4(6)3-5(7)8-2;1-3-2;2*1-2/h6-8,11,22-24H,4-5,9-10,12-15H2,1-3H3;3H2,1-2H3;3H2,1-2H3;2*1-2H3. The SMILES string of the molecule is CC.CC.CCC.CCC(C)(CO)CCC(=O)c1cccc(C(=O)OCC(CC)(CO)CO)c1.COC(=O)CC(C)=O. The Kier molecular flexibility index (Phi) is 31.4. The van der Waals surface area contributed by atoms with Crippen LogP contribution in [0.2, 0.25) is 0 Å². The van der Waals surface area contributed by atoms with E-state index in [9.17, 15) is 34.5 Å². The van der Waals surface area contributed by atoms with Crippen LogP contribution in [0.25, 0.3) is 0 Å². The second-order valence-electron chi connectivity index (χ2n) is 9.73. The first-order chi connectivity index (χ1) is 19.9. The van der Waals surface area contributed by atoms with E-state index in [4.69, 9.17) is 4.74 Å². The van der Waals surface area contributed by atoms with Crippen LogP contribution >= 0.6 is 0 Å². The van der Waals surface area contributed by atoms with E-state index >= 15 is 0 Å². The summed E-state index contributed by atoms with van der Waals surface area (Å²) in [6.07, 6.45) is 3.23. The van der Waals surface area contributed by atoms with Crippen LogP contribution in [0, 0.1) is 10.8 Å². The van der Waals surface area contributed by atoms with Crippen molar-refractivity contribution in [1.29, 1.82) is 0 Å². The largest absolute Gasteiger partial charge is 0.469 e. The summed E-state index contributed by atoms with van der Waals surface area (Å²) in [5.74, 6) is -1.33. The minimum atomic E-state index is -0.863. The molecular weight excluding hydrogens is 540 g/mol. The summed E-state index contributed by atoms with van der Waals surface area (Å²) in [5, 5.41) is 28.3. The van der Waals surface area contributed by atoms with E-state index in [0.717, 1.165) is 6.42 Å². The average Bonchev–Trinajstić information content (AvgIpc) is 3.02. The van der Waals surface area contributed by atoms with E-state index < -0.39 is 17.4 Å². The number of methoxy groups -OCH3 is 1. The molecule has 0 aromatic heterocycles. The summed E-state index contributed by atoms with van der Waals surface area (Å²) >= 11 is 0. The van der Waals surface area contributed by atoms with E-state index in [1.165, 1.54) is 26.5 Å².